The van der Waals surface area contributed by atoms with Crippen LogP contribution in [0.5, 0.6) is 0 Å². The van der Waals surface area contributed by atoms with Gasteiger partial charge in [-0.3, -0.25) is 9.78 Å². The summed E-state index contributed by atoms with van der Waals surface area (Å²) in [5.41, 5.74) is 2.02. The third-order valence-corrected chi connectivity index (χ3v) is 3.49. The molecule has 0 N–H and O–H groups in total. The number of ether oxygens (including phenoxy) is 1. The Labute approximate surface area is 117 Å². The van der Waals surface area contributed by atoms with Crippen LogP contribution in [0.15, 0.2) is 37.1 Å². The van der Waals surface area contributed by atoms with E-state index in [-0.39, 0.29) is 11.9 Å². The molecule has 0 unspecified atom stereocenters. The van der Waals surface area contributed by atoms with Gasteiger partial charge in [0.25, 0.3) is 0 Å². The van der Waals surface area contributed by atoms with Crippen molar-refractivity contribution in [3.8, 4) is 0 Å². The van der Waals surface area contributed by atoms with Crippen molar-refractivity contribution >= 4 is 11.7 Å². The average Bonchev–Trinajstić information content (AvgIpc) is 2.91. The minimum atomic E-state index is -0.133. The van der Waals surface area contributed by atoms with Crippen molar-refractivity contribution in [2.45, 2.75) is 6.54 Å². The summed E-state index contributed by atoms with van der Waals surface area (Å²) in [6.45, 7) is 2.12. The van der Waals surface area contributed by atoms with Crippen LogP contribution in [0.25, 0.3) is 0 Å². The van der Waals surface area contributed by atoms with Crippen molar-refractivity contribution in [2.75, 3.05) is 25.1 Å². The Morgan fingerprint density at radius 2 is 2.30 bits per heavy atom. The van der Waals surface area contributed by atoms with Crippen LogP contribution in [0.3, 0.4) is 0 Å². The van der Waals surface area contributed by atoms with E-state index in [0.717, 1.165) is 11.4 Å². The second-order valence-electron chi connectivity index (χ2n) is 4.87. The fourth-order valence-electron chi connectivity index (χ4n) is 2.27. The molecule has 2 aromatic heterocycles. The summed E-state index contributed by atoms with van der Waals surface area (Å²) >= 11 is 0. The third-order valence-electron chi connectivity index (χ3n) is 3.49. The van der Waals surface area contributed by atoms with Gasteiger partial charge in [0.1, 0.15) is 0 Å². The number of esters is 1. The van der Waals surface area contributed by atoms with E-state index < -0.39 is 0 Å². The molecular weight excluding hydrogens is 256 g/mol. The maximum Gasteiger partial charge on any atom is 0.312 e. The highest BCUT2D eigenvalue weighted by Crippen LogP contribution is 2.24. The van der Waals surface area contributed by atoms with E-state index in [2.05, 4.69) is 14.9 Å². The van der Waals surface area contributed by atoms with Gasteiger partial charge in [-0.15, -0.1) is 0 Å². The molecule has 3 rings (SSSR count). The number of carbonyl (C=O) groups is 1. The number of carbonyl (C=O) groups excluding carboxylic acids is 1. The lowest BCUT2D eigenvalue weighted by atomic mass is 10.00. The first kappa shape index (κ1) is 12.7. The van der Waals surface area contributed by atoms with Crippen LogP contribution in [0, 0.1) is 5.92 Å². The highest BCUT2D eigenvalue weighted by atomic mass is 16.5. The van der Waals surface area contributed by atoms with Gasteiger partial charge < -0.3 is 14.2 Å². The molecule has 1 fully saturated rings. The molecule has 0 radical (unpaired) electrons. The number of rotatable bonds is 4. The molecule has 1 aliphatic rings. The Morgan fingerprint density at radius 3 is 2.90 bits per heavy atom. The first-order valence-electron chi connectivity index (χ1n) is 6.49. The Morgan fingerprint density at radius 1 is 1.45 bits per heavy atom. The van der Waals surface area contributed by atoms with Crippen LogP contribution < -0.4 is 4.90 Å². The number of methoxy groups -OCH3 is 1. The highest BCUT2D eigenvalue weighted by molar-refractivity contribution is 5.76. The van der Waals surface area contributed by atoms with E-state index in [1.54, 1.807) is 12.5 Å². The van der Waals surface area contributed by atoms with Crippen LogP contribution in [-0.4, -0.2) is 40.7 Å². The molecule has 0 bridgehead atoms. The van der Waals surface area contributed by atoms with Crippen molar-refractivity contribution in [3.63, 3.8) is 0 Å². The number of hydrogen-bond acceptors (Lipinski definition) is 5. The van der Waals surface area contributed by atoms with Crippen LogP contribution in [-0.2, 0) is 16.1 Å². The van der Waals surface area contributed by atoms with Gasteiger partial charge in [0, 0.05) is 25.5 Å². The molecular formula is C14H16N4O2. The minimum absolute atomic E-state index is 0.00868. The van der Waals surface area contributed by atoms with Crippen molar-refractivity contribution in [1.29, 1.82) is 0 Å². The normalized spacial score (nSPS) is 14.9. The number of aromatic nitrogens is 3. The quantitative estimate of drug-likeness (QED) is 0.775. The molecule has 20 heavy (non-hydrogen) atoms. The molecule has 104 valence electrons. The predicted molar refractivity (Wildman–Crippen MR) is 73.3 cm³/mol. The van der Waals surface area contributed by atoms with Gasteiger partial charge in [-0.2, -0.15) is 0 Å². The van der Waals surface area contributed by atoms with E-state index in [1.807, 2.05) is 29.1 Å². The second kappa shape index (κ2) is 5.32. The largest absolute Gasteiger partial charge is 0.469 e. The molecule has 2 aromatic rings. The van der Waals surface area contributed by atoms with Gasteiger partial charge >= 0.3 is 5.97 Å². The fraction of sp³-hybridized carbons (Fsp3) is 0.357. The molecule has 6 nitrogen and oxygen atoms in total. The molecule has 1 saturated heterocycles. The smallest absolute Gasteiger partial charge is 0.312 e. The van der Waals surface area contributed by atoms with Crippen molar-refractivity contribution in [1.82, 2.24) is 14.5 Å². The first-order chi connectivity index (χ1) is 9.76. The summed E-state index contributed by atoms with van der Waals surface area (Å²) in [5.74, 6) is -0.142. The summed E-state index contributed by atoms with van der Waals surface area (Å²) in [7, 11) is 1.43. The zero-order valence-corrected chi connectivity index (χ0v) is 11.3. The fourth-order valence-corrected chi connectivity index (χ4v) is 2.27. The van der Waals surface area contributed by atoms with Gasteiger partial charge in [-0.05, 0) is 12.1 Å². The molecule has 0 aliphatic carbocycles. The van der Waals surface area contributed by atoms with E-state index in [1.165, 1.54) is 7.11 Å². The molecule has 0 atom stereocenters. The molecule has 0 amide bonds. The van der Waals surface area contributed by atoms with Crippen LogP contribution >= 0.6 is 0 Å². The molecule has 3 heterocycles. The van der Waals surface area contributed by atoms with Gasteiger partial charge in [0.2, 0.25) is 0 Å². The van der Waals surface area contributed by atoms with Crippen LogP contribution in [0.2, 0.25) is 0 Å². The average molecular weight is 272 g/mol. The third kappa shape index (κ3) is 2.49. The maximum atomic E-state index is 11.3. The van der Waals surface area contributed by atoms with E-state index in [0.29, 0.717) is 19.6 Å². The van der Waals surface area contributed by atoms with Gasteiger partial charge in [-0.25, -0.2) is 4.98 Å². The van der Waals surface area contributed by atoms with Crippen LogP contribution in [0.1, 0.15) is 5.69 Å². The second-order valence-corrected chi connectivity index (χ2v) is 4.87. The van der Waals surface area contributed by atoms with E-state index in [9.17, 15) is 4.79 Å². The molecule has 1 aliphatic heterocycles. The zero-order valence-electron chi connectivity index (χ0n) is 11.3. The van der Waals surface area contributed by atoms with E-state index >= 15 is 0 Å². The van der Waals surface area contributed by atoms with Gasteiger partial charge in [0.15, 0.2) is 0 Å². The lowest BCUT2D eigenvalue weighted by molar-refractivity contribution is -0.146. The summed E-state index contributed by atoms with van der Waals surface area (Å²) in [6.07, 6.45) is 7.28. The summed E-state index contributed by atoms with van der Waals surface area (Å²) in [4.78, 5) is 21.9. The highest BCUT2D eigenvalue weighted by Gasteiger charge is 2.33. The van der Waals surface area contributed by atoms with Crippen molar-refractivity contribution in [3.05, 3.63) is 42.7 Å². The minimum Gasteiger partial charge on any atom is -0.469 e. The Balaban J connectivity index is 1.59. The molecule has 6 heteroatoms. The van der Waals surface area contributed by atoms with Gasteiger partial charge in [0.05, 0.1) is 43.5 Å². The van der Waals surface area contributed by atoms with Crippen molar-refractivity contribution in [2.24, 2.45) is 5.92 Å². The topological polar surface area (TPSA) is 60.2 Å². The standard InChI is InChI=1S/C14H16N4O2/c1-20-14(19)11-7-18(8-11)13-3-2-12(16-6-13)9-17-5-4-15-10-17/h2-6,10-11H,7-9H2,1H3. The Bertz CT molecular complexity index is 574. The Hall–Kier alpha value is -2.37. The number of pyridine rings is 1. The first-order valence-corrected chi connectivity index (χ1v) is 6.49. The molecule has 0 saturated carbocycles. The summed E-state index contributed by atoms with van der Waals surface area (Å²) in [6, 6.07) is 4.04. The zero-order chi connectivity index (χ0) is 13.9. The van der Waals surface area contributed by atoms with Crippen molar-refractivity contribution < 1.29 is 9.53 Å². The maximum absolute atomic E-state index is 11.3. The monoisotopic (exact) mass is 272 g/mol. The summed E-state index contributed by atoms with van der Waals surface area (Å²) in [5, 5.41) is 0. The lowest BCUT2D eigenvalue weighted by Crippen LogP contribution is -2.50. The van der Waals surface area contributed by atoms with Crippen LogP contribution in [0.4, 0.5) is 5.69 Å². The SMILES string of the molecule is COC(=O)C1CN(c2ccc(Cn3ccnc3)nc2)C1. The number of nitrogens with zero attached hydrogens (tertiary/aromatic N) is 4. The Kier molecular flexibility index (Phi) is 3.37. The lowest BCUT2D eigenvalue weighted by Gasteiger charge is -2.39. The van der Waals surface area contributed by atoms with Gasteiger partial charge in [-0.1, -0.05) is 0 Å². The number of imidazole rings is 1. The predicted octanol–water partition coefficient (Wildman–Crippen LogP) is 0.936. The number of hydrogen-bond donors (Lipinski definition) is 0. The molecule has 0 spiro atoms. The molecule has 0 aromatic carbocycles. The van der Waals surface area contributed by atoms with E-state index in [4.69, 9.17) is 4.74 Å². The number of anilines is 1. The summed E-state index contributed by atoms with van der Waals surface area (Å²) < 4.78 is 6.70.